The number of piperazine rings is 1. The molecule has 224 valence electrons. The van der Waals surface area contributed by atoms with Gasteiger partial charge in [0.1, 0.15) is 29.9 Å². The molecule has 0 amide bonds. The van der Waals surface area contributed by atoms with Crippen molar-refractivity contribution in [2.24, 2.45) is 0 Å². The van der Waals surface area contributed by atoms with Gasteiger partial charge in [-0.05, 0) is 54.8 Å². The predicted octanol–water partition coefficient (Wildman–Crippen LogP) is 4.19. The number of nitrogens with zero attached hydrogens (tertiary/aromatic N) is 6. The zero-order valence-corrected chi connectivity index (χ0v) is 24.1. The minimum absolute atomic E-state index is 0.169. The standard InChI is InChI=1S/C30H31F2N7O3S/c31-28(32)18-37-11-13-38(14-12-37)23-4-1-20(2-5-23)26-16-25-29(34-19-35-30(25)36-26)21-3-6-27(22(15-21)17-33)42-24-7-9-39(10-8-24)43(40)41/h1-6,15-16,19,24,28H,7-14,18H2,(H,40,41)(H,34,35,36)/p-1. The van der Waals surface area contributed by atoms with Gasteiger partial charge in [0.2, 0.25) is 0 Å². The monoisotopic (exact) mass is 606 g/mol. The number of hydrogen-bond acceptors (Lipinski definition) is 8. The number of nitrogens with one attached hydrogen (secondary N) is 1. The van der Waals surface area contributed by atoms with Crippen LogP contribution in [0.5, 0.6) is 5.75 Å². The Labute approximate surface area is 250 Å². The molecule has 0 spiro atoms. The predicted molar refractivity (Wildman–Crippen MR) is 158 cm³/mol. The molecule has 6 rings (SSSR count). The summed E-state index contributed by atoms with van der Waals surface area (Å²) in [6.07, 6.45) is 0.113. The van der Waals surface area contributed by atoms with Crippen LogP contribution in [0.1, 0.15) is 18.4 Å². The Morgan fingerprint density at radius 3 is 2.42 bits per heavy atom. The number of aromatic amines is 1. The van der Waals surface area contributed by atoms with E-state index in [1.807, 2.05) is 36.4 Å². The summed E-state index contributed by atoms with van der Waals surface area (Å²) < 4.78 is 55.2. The maximum atomic E-state index is 12.7. The number of aromatic nitrogens is 3. The van der Waals surface area contributed by atoms with E-state index in [1.165, 1.54) is 10.6 Å². The van der Waals surface area contributed by atoms with E-state index in [0.717, 1.165) is 27.9 Å². The second-order valence-corrected chi connectivity index (χ2v) is 11.6. The quantitative estimate of drug-likeness (QED) is 0.296. The fraction of sp³-hybridized carbons (Fsp3) is 0.367. The summed E-state index contributed by atoms with van der Waals surface area (Å²) in [5.41, 5.74) is 5.36. The molecule has 2 aliphatic heterocycles. The van der Waals surface area contributed by atoms with Crippen molar-refractivity contribution < 1.29 is 22.3 Å². The Morgan fingerprint density at radius 2 is 1.74 bits per heavy atom. The van der Waals surface area contributed by atoms with Crippen LogP contribution in [0.25, 0.3) is 33.5 Å². The van der Waals surface area contributed by atoms with Gasteiger partial charge in [-0.15, -0.1) is 0 Å². The molecule has 4 aromatic rings. The maximum absolute atomic E-state index is 12.7. The highest BCUT2D eigenvalue weighted by molar-refractivity contribution is 7.76. The Bertz CT molecular complexity index is 1640. The van der Waals surface area contributed by atoms with Gasteiger partial charge in [-0.25, -0.2) is 23.1 Å². The second kappa shape index (κ2) is 12.7. The van der Waals surface area contributed by atoms with Crippen molar-refractivity contribution in [1.82, 2.24) is 24.2 Å². The fourth-order valence-corrected chi connectivity index (χ4v) is 6.22. The van der Waals surface area contributed by atoms with Crippen molar-refractivity contribution in [3.05, 3.63) is 60.4 Å². The number of nitriles is 1. The number of rotatable bonds is 8. The number of piperidine rings is 1. The first-order chi connectivity index (χ1) is 20.9. The first kappa shape index (κ1) is 29.1. The largest absolute Gasteiger partial charge is 0.760 e. The molecule has 13 heteroatoms. The number of ether oxygens (including phenoxy) is 1. The smallest absolute Gasteiger partial charge is 0.251 e. The Morgan fingerprint density at radius 1 is 1.02 bits per heavy atom. The number of halogens is 2. The van der Waals surface area contributed by atoms with Crippen LogP contribution in [0.3, 0.4) is 0 Å². The van der Waals surface area contributed by atoms with Crippen LogP contribution in [0, 0.1) is 11.3 Å². The molecule has 0 bridgehead atoms. The van der Waals surface area contributed by atoms with E-state index in [0.29, 0.717) is 74.8 Å². The molecular formula is C30H30F2N7O3S-. The summed E-state index contributed by atoms with van der Waals surface area (Å²) in [7, 11) is 0. The molecule has 0 aliphatic carbocycles. The molecule has 1 atom stereocenters. The van der Waals surface area contributed by atoms with E-state index in [-0.39, 0.29) is 12.6 Å². The Kier molecular flexibility index (Phi) is 8.62. The SMILES string of the molecule is N#Cc1cc(-c2ncnc3[nH]c(-c4ccc(N5CCN(CC(F)F)CC5)cc4)cc23)ccc1OC1CCN(S(=O)[O-])CC1. The summed E-state index contributed by atoms with van der Waals surface area (Å²) in [5.74, 6) is 0.462. The van der Waals surface area contributed by atoms with E-state index in [2.05, 4.69) is 25.9 Å². The minimum atomic E-state index is -2.31. The molecule has 0 radical (unpaired) electrons. The third-order valence-corrected chi connectivity index (χ3v) is 8.80. The molecule has 2 aromatic carbocycles. The number of fused-ring (bicyclic) bond motifs is 1. The van der Waals surface area contributed by atoms with Crippen LogP contribution in [-0.2, 0) is 11.3 Å². The molecule has 2 saturated heterocycles. The lowest BCUT2D eigenvalue weighted by Gasteiger charge is -2.35. The van der Waals surface area contributed by atoms with Crippen molar-refractivity contribution in [2.75, 3.05) is 50.7 Å². The minimum Gasteiger partial charge on any atom is -0.760 e. The second-order valence-electron chi connectivity index (χ2n) is 10.7. The van der Waals surface area contributed by atoms with Crippen molar-refractivity contribution in [2.45, 2.75) is 25.4 Å². The van der Waals surface area contributed by atoms with Crippen LogP contribution in [0.2, 0.25) is 0 Å². The van der Waals surface area contributed by atoms with Crippen LogP contribution >= 0.6 is 0 Å². The van der Waals surface area contributed by atoms with E-state index in [9.17, 15) is 22.8 Å². The topological polar surface area (TPSA) is 124 Å². The first-order valence-corrected chi connectivity index (χ1v) is 15.2. The van der Waals surface area contributed by atoms with Crippen LogP contribution < -0.4 is 9.64 Å². The third-order valence-electron chi connectivity index (χ3n) is 8.02. The van der Waals surface area contributed by atoms with E-state index < -0.39 is 17.7 Å². The van der Waals surface area contributed by atoms with Gasteiger partial charge < -0.3 is 19.2 Å². The zero-order chi connectivity index (χ0) is 29.9. The molecule has 2 aromatic heterocycles. The van der Waals surface area contributed by atoms with E-state index in [4.69, 9.17) is 4.74 Å². The molecular weight excluding hydrogens is 576 g/mol. The summed E-state index contributed by atoms with van der Waals surface area (Å²) in [5, 5.41) is 10.7. The lowest BCUT2D eigenvalue weighted by molar-refractivity contribution is 0.0854. The normalized spacial score (nSPS) is 17.8. The number of hydrogen-bond donors (Lipinski definition) is 1. The Hall–Kier alpha value is -3.96. The van der Waals surface area contributed by atoms with Crippen molar-refractivity contribution >= 4 is 28.0 Å². The summed E-state index contributed by atoms with van der Waals surface area (Å²) in [6, 6.07) is 17.7. The Balaban J connectivity index is 1.18. The zero-order valence-electron chi connectivity index (χ0n) is 23.3. The van der Waals surface area contributed by atoms with Gasteiger partial charge in [-0.2, -0.15) is 5.26 Å². The molecule has 2 aliphatic rings. The average molecular weight is 607 g/mol. The van der Waals surface area contributed by atoms with Gasteiger partial charge in [0.15, 0.2) is 0 Å². The van der Waals surface area contributed by atoms with Crippen LogP contribution in [-0.4, -0.2) is 91.3 Å². The highest BCUT2D eigenvalue weighted by atomic mass is 32.2. The fourth-order valence-electron chi connectivity index (χ4n) is 5.71. The number of alkyl halides is 2. The number of H-pyrrole nitrogens is 1. The van der Waals surface area contributed by atoms with E-state index in [1.54, 1.807) is 17.0 Å². The summed E-state index contributed by atoms with van der Waals surface area (Å²) >= 11 is -2.23. The molecule has 1 N–H and O–H groups in total. The third kappa shape index (κ3) is 6.52. The highest BCUT2D eigenvalue weighted by Crippen LogP contribution is 2.33. The summed E-state index contributed by atoms with van der Waals surface area (Å²) in [6.45, 7) is 3.23. The van der Waals surface area contributed by atoms with Gasteiger partial charge in [0.05, 0.1) is 17.8 Å². The first-order valence-electron chi connectivity index (χ1n) is 14.1. The average Bonchev–Trinajstić information content (AvgIpc) is 3.46. The van der Waals surface area contributed by atoms with Crippen molar-refractivity contribution in [3.8, 4) is 34.3 Å². The molecule has 10 nitrogen and oxygen atoms in total. The van der Waals surface area contributed by atoms with E-state index >= 15 is 0 Å². The molecule has 4 heterocycles. The number of benzene rings is 2. The van der Waals surface area contributed by atoms with Gasteiger partial charge in [-0.3, -0.25) is 9.11 Å². The van der Waals surface area contributed by atoms with Gasteiger partial charge >= 0.3 is 0 Å². The van der Waals surface area contributed by atoms with Crippen LogP contribution in [0.15, 0.2) is 54.9 Å². The lowest BCUT2D eigenvalue weighted by Crippen LogP contribution is -2.47. The molecule has 1 unspecified atom stereocenters. The maximum Gasteiger partial charge on any atom is 0.251 e. The van der Waals surface area contributed by atoms with Crippen molar-refractivity contribution in [1.29, 1.82) is 5.26 Å². The number of anilines is 1. The lowest BCUT2D eigenvalue weighted by atomic mass is 10.0. The van der Waals surface area contributed by atoms with Gasteiger partial charge in [0.25, 0.3) is 6.43 Å². The van der Waals surface area contributed by atoms with Crippen LogP contribution in [0.4, 0.5) is 14.5 Å². The van der Waals surface area contributed by atoms with Gasteiger partial charge in [0, 0.05) is 72.9 Å². The molecule has 2 fully saturated rings. The summed E-state index contributed by atoms with van der Waals surface area (Å²) in [4.78, 5) is 16.3. The molecule has 0 saturated carbocycles. The molecule has 43 heavy (non-hydrogen) atoms. The van der Waals surface area contributed by atoms with Gasteiger partial charge in [-0.1, -0.05) is 12.1 Å². The highest BCUT2D eigenvalue weighted by Gasteiger charge is 2.23. The van der Waals surface area contributed by atoms with Crippen molar-refractivity contribution in [3.63, 3.8) is 0 Å².